The Morgan fingerprint density at radius 3 is 2.45 bits per heavy atom. The summed E-state index contributed by atoms with van der Waals surface area (Å²) in [5.41, 5.74) is -1.94. The van der Waals surface area contributed by atoms with E-state index in [2.05, 4.69) is 22.5 Å². The van der Waals surface area contributed by atoms with E-state index >= 15 is 0 Å². The van der Waals surface area contributed by atoms with Gasteiger partial charge in [0, 0.05) is 17.3 Å². The number of hydrogen-bond acceptors (Lipinski definition) is 2. The first-order valence-corrected chi connectivity index (χ1v) is 8.26. The number of anilines is 1. The van der Waals surface area contributed by atoms with Crippen molar-refractivity contribution >= 4 is 17.6 Å². The lowest BCUT2D eigenvalue weighted by Crippen LogP contribution is -2.52. The molecule has 0 unspecified atom stereocenters. The van der Waals surface area contributed by atoms with Crippen molar-refractivity contribution in [3.05, 3.63) is 77.5 Å². The number of hydrogen-bond donors (Lipinski definition) is 3. The maximum Gasteiger partial charge on any atom is 0.418 e. The van der Waals surface area contributed by atoms with Crippen LogP contribution in [0, 0.1) is 17.6 Å². The van der Waals surface area contributed by atoms with Crippen LogP contribution in [-0.2, 0) is 11.0 Å². The molecule has 1 heterocycles. The van der Waals surface area contributed by atoms with Crippen LogP contribution in [0.15, 0.2) is 54.7 Å². The van der Waals surface area contributed by atoms with Crippen molar-refractivity contribution in [1.29, 1.82) is 0 Å². The van der Waals surface area contributed by atoms with Crippen LogP contribution in [0.1, 0.15) is 17.2 Å². The average molecular weight is 411 g/mol. The summed E-state index contributed by atoms with van der Waals surface area (Å²) in [6.07, 6.45) is -4.72. The van der Waals surface area contributed by atoms with E-state index in [0.29, 0.717) is 6.07 Å². The number of alkyl halides is 3. The quantitative estimate of drug-likeness (QED) is 0.666. The second-order valence-electron chi connectivity index (χ2n) is 6.28. The van der Waals surface area contributed by atoms with E-state index in [0.717, 1.165) is 30.3 Å². The number of urea groups is 1. The van der Waals surface area contributed by atoms with Crippen LogP contribution in [0.25, 0.3) is 0 Å². The summed E-state index contributed by atoms with van der Waals surface area (Å²) in [6.45, 7) is 3.55. The summed E-state index contributed by atoms with van der Waals surface area (Å²) in [5.74, 6) is -4.23. The predicted molar refractivity (Wildman–Crippen MR) is 93.5 cm³/mol. The summed E-state index contributed by atoms with van der Waals surface area (Å²) in [4.78, 5) is 24.6. The molecular formula is C19H14F5N3O2. The molecule has 10 heteroatoms. The Labute approximate surface area is 161 Å². The first-order chi connectivity index (χ1) is 13.6. The minimum Gasteiger partial charge on any atom is -0.330 e. The number of amides is 3. The standard InChI is InChI=1S/C19H14F5N3O2/c1-9-15(17(28)26-14-5-3-2-4-12(14)19(22,23)24)16(27-18(29)25-9)11-7-6-10(20)8-13(11)21/h2-8,15-16H,1H2,(H,26,28)(H2,25,27,29)/t15-,16+/m0/s1. The number of halogens is 5. The predicted octanol–water partition coefficient (Wildman–Crippen LogP) is 4.11. The maximum absolute atomic E-state index is 14.3. The second kappa shape index (κ2) is 7.53. The molecule has 1 saturated heterocycles. The van der Waals surface area contributed by atoms with E-state index in [1.54, 1.807) is 0 Å². The summed E-state index contributed by atoms with van der Waals surface area (Å²) in [5, 5.41) is 6.73. The maximum atomic E-state index is 14.3. The zero-order valence-corrected chi connectivity index (χ0v) is 14.6. The lowest BCUT2D eigenvalue weighted by Gasteiger charge is -2.34. The zero-order valence-electron chi connectivity index (χ0n) is 14.6. The van der Waals surface area contributed by atoms with Gasteiger partial charge in [0.1, 0.15) is 17.6 Å². The first-order valence-electron chi connectivity index (χ1n) is 8.26. The van der Waals surface area contributed by atoms with Gasteiger partial charge in [-0.25, -0.2) is 13.6 Å². The Bertz CT molecular complexity index is 990. The van der Waals surface area contributed by atoms with Crippen LogP contribution in [0.4, 0.5) is 32.4 Å². The fourth-order valence-corrected chi connectivity index (χ4v) is 3.06. The third kappa shape index (κ3) is 4.20. The third-order valence-electron chi connectivity index (χ3n) is 4.34. The Morgan fingerprint density at radius 2 is 1.79 bits per heavy atom. The molecule has 1 aliphatic rings. The molecule has 0 saturated carbocycles. The van der Waals surface area contributed by atoms with Crippen LogP contribution in [0.5, 0.6) is 0 Å². The molecule has 3 rings (SSSR count). The van der Waals surface area contributed by atoms with Gasteiger partial charge in [0.2, 0.25) is 5.91 Å². The molecule has 1 fully saturated rings. The van der Waals surface area contributed by atoms with Gasteiger partial charge in [-0.3, -0.25) is 4.79 Å². The van der Waals surface area contributed by atoms with Crippen molar-refractivity contribution in [3.63, 3.8) is 0 Å². The number of nitrogens with one attached hydrogen (secondary N) is 3. The Balaban J connectivity index is 1.97. The molecule has 0 bridgehead atoms. The number of carbonyl (C=O) groups is 2. The molecule has 0 radical (unpaired) electrons. The molecule has 0 aromatic heterocycles. The molecule has 29 heavy (non-hydrogen) atoms. The Kier molecular flexibility index (Phi) is 5.27. The monoisotopic (exact) mass is 411 g/mol. The second-order valence-corrected chi connectivity index (χ2v) is 6.28. The van der Waals surface area contributed by atoms with Gasteiger partial charge in [0.15, 0.2) is 0 Å². The number of benzene rings is 2. The molecule has 2 aromatic rings. The molecule has 152 valence electrons. The third-order valence-corrected chi connectivity index (χ3v) is 4.34. The zero-order chi connectivity index (χ0) is 21.3. The van der Waals surface area contributed by atoms with Crippen LogP contribution in [-0.4, -0.2) is 11.9 Å². The van der Waals surface area contributed by atoms with Gasteiger partial charge in [-0.1, -0.05) is 24.8 Å². The lowest BCUT2D eigenvalue weighted by molar-refractivity contribution is -0.137. The van der Waals surface area contributed by atoms with Crippen molar-refractivity contribution < 1.29 is 31.5 Å². The Morgan fingerprint density at radius 1 is 1.10 bits per heavy atom. The van der Waals surface area contributed by atoms with Gasteiger partial charge in [-0.15, -0.1) is 0 Å². The molecule has 2 atom stereocenters. The molecule has 3 amide bonds. The van der Waals surface area contributed by atoms with E-state index < -0.39 is 53.0 Å². The van der Waals surface area contributed by atoms with E-state index in [4.69, 9.17) is 0 Å². The van der Waals surface area contributed by atoms with Crippen molar-refractivity contribution in [2.45, 2.75) is 12.2 Å². The highest BCUT2D eigenvalue weighted by Gasteiger charge is 2.40. The van der Waals surface area contributed by atoms with Gasteiger partial charge in [-0.2, -0.15) is 13.2 Å². The van der Waals surface area contributed by atoms with Gasteiger partial charge in [0.25, 0.3) is 0 Å². The molecule has 5 nitrogen and oxygen atoms in total. The van der Waals surface area contributed by atoms with Gasteiger partial charge >= 0.3 is 12.2 Å². The van der Waals surface area contributed by atoms with E-state index in [1.807, 2.05) is 0 Å². The summed E-state index contributed by atoms with van der Waals surface area (Å²) < 4.78 is 67.0. The van der Waals surface area contributed by atoms with Crippen LogP contribution in [0.2, 0.25) is 0 Å². The highest BCUT2D eigenvalue weighted by Crippen LogP contribution is 2.36. The highest BCUT2D eigenvalue weighted by atomic mass is 19.4. The average Bonchev–Trinajstić information content (AvgIpc) is 2.60. The SMILES string of the molecule is C=C1NC(=O)N[C@H](c2ccc(F)cc2F)[C@H]1C(=O)Nc1ccccc1C(F)(F)F. The van der Waals surface area contributed by atoms with Crippen molar-refractivity contribution in [1.82, 2.24) is 10.6 Å². The molecular weight excluding hydrogens is 397 g/mol. The van der Waals surface area contributed by atoms with Crippen LogP contribution < -0.4 is 16.0 Å². The topological polar surface area (TPSA) is 70.2 Å². The van der Waals surface area contributed by atoms with E-state index in [1.165, 1.54) is 6.07 Å². The van der Waals surface area contributed by atoms with Gasteiger partial charge in [0.05, 0.1) is 17.3 Å². The number of para-hydroxylation sites is 1. The number of carbonyl (C=O) groups excluding carboxylic acids is 2. The molecule has 0 spiro atoms. The fourth-order valence-electron chi connectivity index (χ4n) is 3.06. The molecule has 3 N–H and O–H groups in total. The van der Waals surface area contributed by atoms with Gasteiger partial charge < -0.3 is 16.0 Å². The highest BCUT2D eigenvalue weighted by molar-refractivity contribution is 5.97. The summed E-state index contributed by atoms with van der Waals surface area (Å²) >= 11 is 0. The van der Waals surface area contributed by atoms with Crippen molar-refractivity contribution in [2.75, 3.05) is 5.32 Å². The van der Waals surface area contributed by atoms with Crippen molar-refractivity contribution in [3.8, 4) is 0 Å². The smallest absolute Gasteiger partial charge is 0.330 e. The van der Waals surface area contributed by atoms with Crippen LogP contribution in [0.3, 0.4) is 0 Å². The molecule has 1 aliphatic heterocycles. The lowest BCUT2D eigenvalue weighted by atomic mass is 9.87. The van der Waals surface area contributed by atoms with Crippen molar-refractivity contribution in [2.24, 2.45) is 5.92 Å². The summed E-state index contributed by atoms with van der Waals surface area (Å²) in [6, 6.07) is 4.77. The normalized spacial score (nSPS) is 19.3. The van der Waals surface area contributed by atoms with Gasteiger partial charge in [-0.05, 0) is 18.2 Å². The minimum absolute atomic E-state index is 0.149. The number of rotatable bonds is 3. The Hall–Kier alpha value is -3.43. The van der Waals surface area contributed by atoms with Crippen LogP contribution >= 0.6 is 0 Å². The summed E-state index contributed by atoms with van der Waals surface area (Å²) in [7, 11) is 0. The first kappa shape index (κ1) is 20.3. The van der Waals surface area contributed by atoms with E-state index in [9.17, 15) is 31.5 Å². The van der Waals surface area contributed by atoms with E-state index in [-0.39, 0.29) is 11.3 Å². The largest absolute Gasteiger partial charge is 0.418 e. The fraction of sp³-hybridized carbons (Fsp3) is 0.158. The minimum atomic E-state index is -4.72. The molecule has 2 aromatic carbocycles. The molecule has 0 aliphatic carbocycles.